The molecule has 31 heavy (non-hydrogen) atoms. The van der Waals surface area contributed by atoms with E-state index in [1.807, 2.05) is 30.3 Å². The van der Waals surface area contributed by atoms with Gasteiger partial charge in [0.2, 0.25) is 11.8 Å². The van der Waals surface area contributed by atoms with E-state index in [9.17, 15) is 9.59 Å². The molecule has 1 unspecified atom stereocenters. The van der Waals surface area contributed by atoms with Crippen LogP contribution in [0, 0.1) is 5.92 Å². The van der Waals surface area contributed by atoms with E-state index in [0.29, 0.717) is 34.2 Å². The molecule has 0 saturated carbocycles. The lowest BCUT2D eigenvalue weighted by Crippen LogP contribution is -2.17. The number of nitrogens with one attached hydrogen (secondary N) is 1. The third kappa shape index (κ3) is 4.99. The Hall–Kier alpha value is -2.65. The molecule has 0 spiro atoms. The number of nitrogens with zero attached hydrogens (tertiary/aromatic N) is 2. The second-order valence-electron chi connectivity index (χ2n) is 7.35. The molecule has 1 N–H and O–H groups in total. The van der Waals surface area contributed by atoms with Crippen LogP contribution >= 0.6 is 23.1 Å². The molecule has 0 radical (unpaired) electrons. The molecule has 4 rings (SSSR count). The fraction of sp³-hybridized carbons (Fsp3) is 0.364. The topological polar surface area (TPSA) is 94.3 Å². The fourth-order valence-corrected chi connectivity index (χ4v) is 5.49. The minimum Gasteiger partial charge on any atom is -0.462 e. The molecular weight excluding hydrogens is 434 g/mol. The van der Waals surface area contributed by atoms with E-state index in [4.69, 9.17) is 9.15 Å². The van der Waals surface area contributed by atoms with E-state index in [-0.39, 0.29) is 17.6 Å². The number of esters is 1. The number of rotatable bonds is 7. The van der Waals surface area contributed by atoms with Gasteiger partial charge >= 0.3 is 5.97 Å². The van der Waals surface area contributed by atoms with Gasteiger partial charge in [0.1, 0.15) is 5.00 Å². The number of ether oxygens (including phenoxy) is 1. The molecule has 162 valence electrons. The summed E-state index contributed by atoms with van der Waals surface area (Å²) in [5.74, 6) is 0.464. The van der Waals surface area contributed by atoms with Gasteiger partial charge in [-0.15, -0.1) is 21.5 Å². The molecule has 1 atom stereocenters. The number of carbonyl (C=O) groups excluding carboxylic acids is 2. The zero-order valence-electron chi connectivity index (χ0n) is 17.3. The Labute approximate surface area is 188 Å². The van der Waals surface area contributed by atoms with Crippen LogP contribution in [0.5, 0.6) is 0 Å². The van der Waals surface area contributed by atoms with Crippen molar-refractivity contribution in [1.82, 2.24) is 10.2 Å². The summed E-state index contributed by atoms with van der Waals surface area (Å²) in [5.41, 5.74) is 2.36. The zero-order valence-corrected chi connectivity index (χ0v) is 19.0. The van der Waals surface area contributed by atoms with E-state index in [1.54, 1.807) is 6.92 Å². The van der Waals surface area contributed by atoms with Crippen molar-refractivity contribution in [2.45, 2.75) is 38.3 Å². The summed E-state index contributed by atoms with van der Waals surface area (Å²) in [6.07, 6.45) is 2.78. The summed E-state index contributed by atoms with van der Waals surface area (Å²) < 4.78 is 10.9. The minimum absolute atomic E-state index is 0.0949. The normalized spacial score (nSPS) is 15.4. The van der Waals surface area contributed by atoms with Gasteiger partial charge in [0, 0.05) is 10.4 Å². The zero-order chi connectivity index (χ0) is 21.8. The summed E-state index contributed by atoms with van der Waals surface area (Å²) in [4.78, 5) is 26.3. The summed E-state index contributed by atoms with van der Waals surface area (Å²) in [5, 5.41) is 11.8. The van der Waals surface area contributed by atoms with E-state index in [0.717, 1.165) is 47.0 Å². The Morgan fingerprint density at radius 3 is 2.87 bits per heavy atom. The lowest BCUT2D eigenvalue weighted by atomic mass is 9.88. The Kier molecular flexibility index (Phi) is 6.72. The predicted molar refractivity (Wildman–Crippen MR) is 121 cm³/mol. The van der Waals surface area contributed by atoms with Gasteiger partial charge in [0.05, 0.1) is 17.9 Å². The third-order valence-corrected chi connectivity index (χ3v) is 6.99. The number of fused-ring (bicyclic) bond motifs is 1. The lowest BCUT2D eigenvalue weighted by molar-refractivity contribution is -0.113. The molecule has 7 nitrogen and oxygen atoms in total. The molecule has 9 heteroatoms. The summed E-state index contributed by atoms with van der Waals surface area (Å²) in [7, 11) is 0. The van der Waals surface area contributed by atoms with E-state index < -0.39 is 0 Å². The quantitative estimate of drug-likeness (QED) is 0.401. The van der Waals surface area contributed by atoms with Crippen molar-refractivity contribution in [3.63, 3.8) is 0 Å². The van der Waals surface area contributed by atoms with Crippen LogP contribution in [0.3, 0.4) is 0 Å². The molecule has 2 heterocycles. The predicted octanol–water partition coefficient (Wildman–Crippen LogP) is 4.83. The average molecular weight is 458 g/mol. The van der Waals surface area contributed by atoms with Crippen LogP contribution in [0.15, 0.2) is 40.0 Å². The first-order valence-corrected chi connectivity index (χ1v) is 12.0. The Morgan fingerprint density at radius 1 is 1.29 bits per heavy atom. The van der Waals surface area contributed by atoms with Gasteiger partial charge in [-0.2, -0.15) is 0 Å². The Morgan fingerprint density at radius 2 is 2.10 bits per heavy atom. The smallest absolute Gasteiger partial charge is 0.341 e. The van der Waals surface area contributed by atoms with Gasteiger partial charge in [-0.1, -0.05) is 36.9 Å². The first-order valence-electron chi connectivity index (χ1n) is 10.2. The molecule has 0 bridgehead atoms. The van der Waals surface area contributed by atoms with E-state index in [1.165, 1.54) is 11.3 Å². The van der Waals surface area contributed by atoms with Crippen molar-refractivity contribution in [3.8, 4) is 11.5 Å². The SMILES string of the molecule is CCOC(=O)c1c(NC(=O)CSc2nnc(-c3ccccc3)o2)sc2c1CCC(C)C2. The largest absolute Gasteiger partial charge is 0.462 e. The summed E-state index contributed by atoms with van der Waals surface area (Å²) in [6, 6.07) is 9.45. The second kappa shape index (κ2) is 9.65. The number of anilines is 1. The minimum atomic E-state index is -0.373. The Balaban J connectivity index is 1.44. The number of amides is 1. The number of thioether (sulfide) groups is 1. The molecule has 3 aromatic rings. The maximum atomic E-state index is 12.6. The van der Waals surface area contributed by atoms with Crippen LogP contribution in [-0.4, -0.2) is 34.4 Å². The molecule has 1 aliphatic rings. The first kappa shape index (κ1) is 21.6. The summed E-state index contributed by atoms with van der Waals surface area (Å²) in [6.45, 7) is 4.28. The number of thiophene rings is 1. The van der Waals surface area contributed by atoms with Crippen LogP contribution in [0.2, 0.25) is 0 Å². The van der Waals surface area contributed by atoms with Crippen LogP contribution in [0.1, 0.15) is 41.1 Å². The van der Waals surface area contributed by atoms with Crippen molar-refractivity contribution < 1.29 is 18.7 Å². The highest BCUT2D eigenvalue weighted by molar-refractivity contribution is 7.99. The van der Waals surface area contributed by atoms with Crippen molar-refractivity contribution in [2.24, 2.45) is 5.92 Å². The first-order chi connectivity index (χ1) is 15.0. The van der Waals surface area contributed by atoms with Crippen molar-refractivity contribution in [1.29, 1.82) is 0 Å². The number of carbonyl (C=O) groups is 2. The van der Waals surface area contributed by atoms with Gasteiger partial charge in [-0.3, -0.25) is 4.79 Å². The lowest BCUT2D eigenvalue weighted by Gasteiger charge is -2.18. The molecule has 2 aromatic heterocycles. The van der Waals surface area contributed by atoms with Gasteiger partial charge in [0.25, 0.3) is 5.22 Å². The molecule has 1 amide bonds. The molecule has 0 aliphatic heterocycles. The van der Waals surface area contributed by atoms with E-state index >= 15 is 0 Å². The molecular formula is C22H23N3O4S2. The number of aromatic nitrogens is 2. The van der Waals surface area contributed by atoms with Crippen LogP contribution in [0.4, 0.5) is 5.00 Å². The molecule has 0 saturated heterocycles. The maximum Gasteiger partial charge on any atom is 0.341 e. The van der Waals surface area contributed by atoms with Crippen LogP contribution < -0.4 is 5.32 Å². The maximum absolute atomic E-state index is 12.6. The van der Waals surface area contributed by atoms with Crippen LogP contribution in [0.25, 0.3) is 11.5 Å². The van der Waals surface area contributed by atoms with Crippen molar-refractivity contribution in [3.05, 3.63) is 46.3 Å². The highest BCUT2D eigenvalue weighted by Gasteiger charge is 2.29. The Bertz CT molecular complexity index is 1080. The average Bonchev–Trinajstić information content (AvgIpc) is 3.37. The number of hydrogen-bond acceptors (Lipinski definition) is 8. The molecule has 1 aromatic carbocycles. The highest BCUT2D eigenvalue weighted by Crippen LogP contribution is 2.40. The van der Waals surface area contributed by atoms with Crippen molar-refractivity contribution >= 4 is 40.0 Å². The van der Waals surface area contributed by atoms with Crippen LogP contribution in [-0.2, 0) is 22.4 Å². The molecule has 0 fully saturated rings. The fourth-order valence-electron chi connectivity index (χ4n) is 3.51. The number of benzene rings is 1. The standard InChI is InChI=1S/C22H23N3O4S2/c1-3-28-21(27)18-15-10-9-13(2)11-16(15)31-20(18)23-17(26)12-30-22-25-24-19(29-22)14-7-5-4-6-8-14/h4-8,13H,3,9-12H2,1-2H3,(H,23,26). The monoisotopic (exact) mass is 457 g/mol. The van der Waals surface area contributed by atoms with Crippen molar-refractivity contribution in [2.75, 3.05) is 17.7 Å². The molecule has 1 aliphatic carbocycles. The number of hydrogen-bond donors (Lipinski definition) is 1. The van der Waals surface area contributed by atoms with Gasteiger partial charge < -0.3 is 14.5 Å². The van der Waals surface area contributed by atoms with E-state index in [2.05, 4.69) is 22.4 Å². The third-order valence-electron chi connectivity index (χ3n) is 5.00. The van der Waals surface area contributed by atoms with Gasteiger partial charge in [-0.25, -0.2) is 4.79 Å². The van der Waals surface area contributed by atoms with Gasteiger partial charge in [0.15, 0.2) is 0 Å². The van der Waals surface area contributed by atoms with Gasteiger partial charge in [-0.05, 0) is 49.8 Å². The summed E-state index contributed by atoms with van der Waals surface area (Å²) >= 11 is 2.64. The second-order valence-corrected chi connectivity index (χ2v) is 9.38. The highest BCUT2D eigenvalue weighted by atomic mass is 32.2.